The molecule has 0 saturated carbocycles. The van der Waals surface area contributed by atoms with Crippen LogP contribution in [0.3, 0.4) is 0 Å². The summed E-state index contributed by atoms with van der Waals surface area (Å²) in [5.74, 6) is 0. The zero-order chi connectivity index (χ0) is 18.5. The molecule has 0 fully saturated rings. The Morgan fingerprint density at radius 2 is 1.62 bits per heavy atom. The number of nitrogens with one attached hydrogen (secondary N) is 1. The summed E-state index contributed by atoms with van der Waals surface area (Å²) in [6.45, 7) is 4.56. The van der Waals surface area contributed by atoms with Crippen LogP contribution in [0.15, 0.2) is 23.1 Å². The molecule has 0 aliphatic heterocycles. The number of benzene rings is 1. The largest absolute Gasteiger partial charge is 0.308 e. The van der Waals surface area contributed by atoms with Crippen LogP contribution in [-0.2, 0) is 20.0 Å². The summed E-state index contributed by atoms with van der Waals surface area (Å²) < 4.78 is 52.2. The predicted molar refractivity (Wildman–Crippen MR) is 96.1 cm³/mol. The highest BCUT2D eigenvalue weighted by Gasteiger charge is 2.20. The van der Waals surface area contributed by atoms with Gasteiger partial charge in [-0.1, -0.05) is 12.1 Å². The normalized spacial score (nSPS) is 13.0. The maximum Gasteiger partial charge on any atom is 0.240 e. The molecule has 7 nitrogen and oxygen atoms in total. The Morgan fingerprint density at radius 3 is 2.17 bits per heavy atom. The molecule has 0 heterocycles. The van der Waals surface area contributed by atoms with E-state index >= 15 is 0 Å². The molecule has 1 aromatic carbocycles. The van der Waals surface area contributed by atoms with Gasteiger partial charge in [0.2, 0.25) is 20.0 Å². The summed E-state index contributed by atoms with van der Waals surface area (Å²) in [5.41, 5.74) is 1.50. The van der Waals surface area contributed by atoms with Gasteiger partial charge in [0, 0.05) is 26.2 Å². The average Bonchev–Trinajstić information content (AvgIpc) is 2.43. The van der Waals surface area contributed by atoms with Crippen molar-refractivity contribution in [3.8, 4) is 0 Å². The fourth-order valence-corrected chi connectivity index (χ4v) is 4.32. The zero-order valence-electron chi connectivity index (χ0n) is 14.9. The van der Waals surface area contributed by atoms with Crippen LogP contribution >= 0.6 is 0 Å². The van der Waals surface area contributed by atoms with Crippen molar-refractivity contribution in [2.45, 2.75) is 18.7 Å². The summed E-state index contributed by atoms with van der Waals surface area (Å²) in [6, 6.07) is 5.21. The van der Waals surface area contributed by atoms with E-state index in [-0.39, 0.29) is 18.0 Å². The Hall–Kier alpha value is -1.00. The van der Waals surface area contributed by atoms with Gasteiger partial charge in [-0.25, -0.2) is 21.6 Å². The van der Waals surface area contributed by atoms with Crippen LogP contribution in [0.5, 0.6) is 0 Å². The number of hydrogen-bond acceptors (Lipinski definition) is 5. The van der Waals surface area contributed by atoms with Gasteiger partial charge in [0.05, 0.1) is 11.2 Å². The first-order chi connectivity index (χ1) is 10.9. The first-order valence-electron chi connectivity index (χ1n) is 7.60. The monoisotopic (exact) mass is 377 g/mol. The Balaban J connectivity index is 2.77. The van der Waals surface area contributed by atoms with Gasteiger partial charge in [0.1, 0.15) is 0 Å². The Bertz CT molecular complexity index is 759. The maximum atomic E-state index is 12.4. The molecule has 9 heteroatoms. The van der Waals surface area contributed by atoms with Gasteiger partial charge in [0.25, 0.3) is 0 Å². The van der Waals surface area contributed by atoms with Crippen LogP contribution in [0.25, 0.3) is 0 Å². The SMILES string of the molecule is Cc1ccc(C)c(S(=O)(=O)NCCN(CCN(C)C)S(C)(=O)=O)c1. The van der Waals surface area contributed by atoms with Crippen molar-refractivity contribution in [3.63, 3.8) is 0 Å². The number of sulfonamides is 2. The third kappa shape index (κ3) is 6.48. The van der Waals surface area contributed by atoms with Crippen LogP contribution in [-0.4, -0.2) is 72.6 Å². The lowest BCUT2D eigenvalue weighted by Crippen LogP contribution is -2.41. The molecule has 0 unspecified atom stereocenters. The Labute approximate surface area is 145 Å². The van der Waals surface area contributed by atoms with E-state index in [0.29, 0.717) is 18.7 Å². The first kappa shape index (κ1) is 21.0. The topological polar surface area (TPSA) is 86.8 Å². The van der Waals surface area contributed by atoms with Crippen LogP contribution in [0.1, 0.15) is 11.1 Å². The van der Waals surface area contributed by atoms with Gasteiger partial charge in [-0.3, -0.25) is 0 Å². The van der Waals surface area contributed by atoms with Gasteiger partial charge >= 0.3 is 0 Å². The van der Waals surface area contributed by atoms with Crippen LogP contribution in [0, 0.1) is 13.8 Å². The molecule has 0 amide bonds. The van der Waals surface area contributed by atoms with Gasteiger partial charge in [-0.15, -0.1) is 0 Å². The van der Waals surface area contributed by atoms with Crippen molar-refractivity contribution in [2.24, 2.45) is 0 Å². The molecule has 24 heavy (non-hydrogen) atoms. The van der Waals surface area contributed by atoms with Crippen LogP contribution in [0.4, 0.5) is 0 Å². The fraction of sp³-hybridized carbons (Fsp3) is 0.600. The molecule has 0 bridgehead atoms. The molecule has 0 atom stereocenters. The second kappa shape index (κ2) is 8.39. The van der Waals surface area contributed by atoms with Gasteiger partial charge in [-0.2, -0.15) is 4.31 Å². The highest BCUT2D eigenvalue weighted by atomic mass is 32.2. The van der Waals surface area contributed by atoms with E-state index in [9.17, 15) is 16.8 Å². The quantitative estimate of drug-likeness (QED) is 0.673. The first-order valence-corrected chi connectivity index (χ1v) is 10.9. The van der Waals surface area contributed by atoms with Crippen LogP contribution in [0.2, 0.25) is 0 Å². The van der Waals surface area contributed by atoms with Crippen molar-refractivity contribution < 1.29 is 16.8 Å². The van der Waals surface area contributed by atoms with Crippen molar-refractivity contribution >= 4 is 20.0 Å². The molecule has 0 aliphatic carbocycles. The predicted octanol–water partition coefficient (Wildman–Crippen LogP) is 0.405. The number of nitrogens with zero attached hydrogens (tertiary/aromatic N) is 2. The fourth-order valence-electron chi connectivity index (χ4n) is 2.13. The minimum atomic E-state index is -3.67. The van der Waals surface area contributed by atoms with Crippen LogP contribution < -0.4 is 4.72 Å². The van der Waals surface area contributed by atoms with E-state index in [4.69, 9.17) is 0 Å². The van der Waals surface area contributed by atoms with E-state index in [1.54, 1.807) is 19.1 Å². The molecule has 0 saturated heterocycles. The summed E-state index contributed by atoms with van der Waals surface area (Å²) in [5, 5.41) is 0. The average molecular weight is 378 g/mol. The summed E-state index contributed by atoms with van der Waals surface area (Å²) in [7, 11) is -3.35. The number of aryl methyl sites for hydroxylation is 2. The molecule has 1 rings (SSSR count). The lowest BCUT2D eigenvalue weighted by atomic mass is 10.2. The van der Waals surface area contributed by atoms with Crippen molar-refractivity contribution in [1.29, 1.82) is 0 Å². The minimum Gasteiger partial charge on any atom is -0.308 e. The number of rotatable bonds is 9. The molecule has 0 radical (unpaired) electrons. The summed E-state index contributed by atoms with van der Waals surface area (Å²) >= 11 is 0. The molecule has 0 aliphatic rings. The lowest BCUT2D eigenvalue weighted by Gasteiger charge is -2.22. The zero-order valence-corrected chi connectivity index (χ0v) is 16.5. The second-order valence-electron chi connectivity index (χ2n) is 6.13. The molecule has 138 valence electrons. The molecule has 1 aromatic rings. The molecule has 0 aromatic heterocycles. The van der Waals surface area contributed by atoms with E-state index < -0.39 is 20.0 Å². The third-order valence-electron chi connectivity index (χ3n) is 3.55. The van der Waals surface area contributed by atoms with E-state index in [1.807, 2.05) is 32.0 Å². The van der Waals surface area contributed by atoms with Gasteiger partial charge < -0.3 is 4.90 Å². The van der Waals surface area contributed by atoms with Crippen molar-refractivity contribution in [3.05, 3.63) is 29.3 Å². The van der Waals surface area contributed by atoms with E-state index in [1.165, 1.54) is 4.31 Å². The molecule has 1 N–H and O–H groups in total. The van der Waals surface area contributed by atoms with E-state index in [2.05, 4.69) is 4.72 Å². The van der Waals surface area contributed by atoms with Crippen molar-refractivity contribution in [2.75, 3.05) is 46.5 Å². The number of likely N-dealkylation sites (N-methyl/N-ethyl adjacent to an activating group) is 1. The molecule has 0 spiro atoms. The third-order valence-corrected chi connectivity index (χ3v) is 6.46. The second-order valence-corrected chi connectivity index (χ2v) is 9.85. The van der Waals surface area contributed by atoms with Crippen molar-refractivity contribution in [1.82, 2.24) is 13.9 Å². The van der Waals surface area contributed by atoms with Gasteiger partial charge in [-0.05, 0) is 45.1 Å². The Kier molecular flexibility index (Phi) is 7.36. The summed E-state index contributed by atoms with van der Waals surface area (Å²) in [6.07, 6.45) is 1.13. The highest BCUT2D eigenvalue weighted by Crippen LogP contribution is 2.16. The lowest BCUT2D eigenvalue weighted by molar-refractivity contribution is 0.336. The number of hydrogen-bond donors (Lipinski definition) is 1. The molecular weight excluding hydrogens is 350 g/mol. The van der Waals surface area contributed by atoms with E-state index in [0.717, 1.165) is 11.8 Å². The molecular formula is C15H27N3O4S2. The smallest absolute Gasteiger partial charge is 0.240 e. The van der Waals surface area contributed by atoms with Gasteiger partial charge in [0.15, 0.2) is 0 Å². The highest BCUT2D eigenvalue weighted by molar-refractivity contribution is 7.89. The Morgan fingerprint density at radius 1 is 1.00 bits per heavy atom. The standard InChI is InChI=1S/C15H27N3O4S2/c1-13-6-7-14(2)15(12-13)24(21,22)16-8-9-18(23(5,19)20)11-10-17(3)4/h6-7,12,16H,8-11H2,1-5H3. The maximum absolute atomic E-state index is 12.4. The minimum absolute atomic E-state index is 0.0240. The summed E-state index contributed by atoms with van der Waals surface area (Å²) in [4.78, 5) is 2.10.